The van der Waals surface area contributed by atoms with Crippen LogP contribution in [0.3, 0.4) is 0 Å². The highest BCUT2D eigenvalue weighted by Gasteiger charge is 2.35. The largest absolute Gasteiger partial charge is 0.469 e. The molecule has 0 spiro atoms. The first-order chi connectivity index (χ1) is 9.90. The fraction of sp³-hybridized carbons (Fsp3) is 0.692. The van der Waals surface area contributed by atoms with Gasteiger partial charge in [-0.25, -0.2) is 0 Å². The number of ether oxygens (including phenoxy) is 1. The number of hydrogen-bond donors (Lipinski definition) is 1. The van der Waals surface area contributed by atoms with Gasteiger partial charge < -0.3 is 15.4 Å². The Morgan fingerprint density at radius 1 is 1.38 bits per heavy atom. The zero-order valence-electron chi connectivity index (χ0n) is 12.9. The summed E-state index contributed by atoms with van der Waals surface area (Å²) in [5, 5.41) is 0. The Balaban J connectivity index is 2.08. The third-order valence-corrected chi connectivity index (χ3v) is 3.64. The van der Waals surface area contributed by atoms with Crippen molar-refractivity contribution in [1.82, 2.24) is 19.9 Å². The maximum atomic E-state index is 11.7. The molecule has 0 bridgehead atoms. The molecule has 2 unspecified atom stereocenters. The number of carbonyl (C=O) groups excluding carboxylic acids is 1. The van der Waals surface area contributed by atoms with E-state index in [1.165, 1.54) is 7.11 Å². The maximum absolute atomic E-state index is 11.7. The molecule has 1 aromatic rings. The van der Waals surface area contributed by atoms with Gasteiger partial charge in [-0.15, -0.1) is 0 Å². The first-order valence-electron chi connectivity index (χ1n) is 6.88. The quantitative estimate of drug-likeness (QED) is 0.760. The number of hydrogen-bond acceptors (Lipinski definition) is 8. The lowest BCUT2D eigenvalue weighted by atomic mass is 9.99. The molecule has 1 fully saturated rings. The van der Waals surface area contributed by atoms with Gasteiger partial charge >= 0.3 is 5.97 Å². The number of methoxy groups -OCH3 is 1. The molecule has 1 aliphatic rings. The van der Waals surface area contributed by atoms with E-state index in [-0.39, 0.29) is 23.8 Å². The van der Waals surface area contributed by atoms with Crippen molar-refractivity contribution in [3.05, 3.63) is 5.82 Å². The van der Waals surface area contributed by atoms with E-state index in [9.17, 15) is 4.79 Å². The highest BCUT2D eigenvalue weighted by Crippen LogP contribution is 2.25. The van der Waals surface area contributed by atoms with Gasteiger partial charge in [0.1, 0.15) is 5.82 Å². The standard InChI is InChI=1S/C13H22N6O2/c1-8-5-19(6-9(8)11(20)21-4)7-10-15-12(14)17-13(16-10)18(2)3/h8-9H,5-7H2,1-4H3,(H2,14,15,16,17). The number of nitrogen functional groups attached to an aromatic ring is 1. The van der Waals surface area contributed by atoms with Crippen LogP contribution in [0.15, 0.2) is 0 Å². The number of rotatable bonds is 4. The van der Waals surface area contributed by atoms with Gasteiger partial charge in [-0.2, -0.15) is 15.0 Å². The van der Waals surface area contributed by atoms with Gasteiger partial charge in [-0.05, 0) is 5.92 Å². The molecular formula is C13H22N6O2. The Kier molecular flexibility index (Phi) is 4.56. The van der Waals surface area contributed by atoms with Gasteiger partial charge in [-0.3, -0.25) is 9.69 Å². The van der Waals surface area contributed by atoms with Crippen LogP contribution in [0.2, 0.25) is 0 Å². The van der Waals surface area contributed by atoms with Crippen LogP contribution in [0.4, 0.5) is 11.9 Å². The molecule has 8 heteroatoms. The molecule has 0 aromatic carbocycles. The van der Waals surface area contributed by atoms with Gasteiger partial charge in [0.15, 0.2) is 0 Å². The lowest BCUT2D eigenvalue weighted by Crippen LogP contribution is -2.25. The Labute approximate surface area is 124 Å². The van der Waals surface area contributed by atoms with E-state index in [1.54, 1.807) is 4.90 Å². The molecule has 0 saturated carbocycles. The molecule has 2 rings (SSSR count). The SMILES string of the molecule is COC(=O)C1CN(Cc2nc(N)nc(N(C)C)n2)CC1C. The number of anilines is 2. The number of carbonyl (C=O) groups is 1. The first kappa shape index (κ1) is 15.4. The molecule has 2 atom stereocenters. The third kappa shape index (κ3) is 3.57. The Bertz CT molecular complexity index is 521. The van der Waals surface area contributed by atoms with Crippen molar-refractivity contribution >= 4 is 17.9 Å². The Morgan fingerprint density at radius 2 is 2.10 bits per heavy atom. The van der Waals surface area contributed by atoms with Crippen molar-refractivity contribution in [3.63, 3.8) is 0 Å². The monoisotopic (exact) mass is 294 g/mol. The normalized spacial score (nSPS) is 22.3. The van der Waals surface area contributed by atoms with E-state index in [0.717, 1.165) is 6.54 Å². The second kappa shape index (κ2) is 6.21. The summed E-state index contributed by atoms with van der Waals surface area (Å²) in [6.07, 6.45) is 0. The van der Waals surface area contributed by atoms with Crippen molar-refractivity contribution in [2.75, 3.05) is 44.9 Å². The van der Waals surface area contributed by atoms with E-state index in [4.69, 9.17) is 10.5 Å². The molecule has 0 radical (unpaired) electrons. The molecule has 0 amide bonds. The summed E-state index contributed by atoms with van der Waals surface area (Å²) in [5.41, 5.74) is 5.71. The minimum Gasteiger partial charge on any atom is -0.469 e. The van der Waals surface area contributed by atoms with Crippen molar-refractivity contribution in [2.24, 2.45) is 11.8 Å². The highest BCUT2D eigenvalue weighted by molar-refractivity contribution is 5.73. The number of nitrogens with zero attached hydrogens (tertiary/aromatic N) is 5. The van der Waals surface area contributed by atoms with Gasteiger partial charge in [0.05, 0.1) is 19.6 Å². The van der Waals surface area contributed by atoms with Gasteiger partial charge in [-0.1, -0.05) is 6.92 Å². The van der Waals surface area contributed by atoms with Crippen molar-refractivity contribution < 1.29 is 9.53 Å². The average molecular weight is 294 g/mol. The predicted octanol–water partition coefficient (Wildman–Crippen LogP) is -0.239. The van der Waals surface area contributed by atoms with Crippen LogP contribution in [0.25, 0.3) is 0 Å². The second-order valence-corrected chi connectivity index (χ2v) is 5.61. The molecule has 21 heavy (non-hydrogen) atoms. The van der Waals surface area contributed by atoms with Gasteiger partial charge in [0.25, 0.3) is 0 Å². The van der Waals surface area contributed by atoms with E-state index >= 15 is 0 Å². The van der Waals surface area contributed by atoms with Crippen LogP contribution in [-0.2, 0) is 16.1 Å². The molecule has 2 heterocycles. The highest BCUT2D eigenvalue weighted by atomic mass is 16.5. The fourth-order valence-electron chi connectivity index (χ4n) is 2.55. The van der Waals surface area contributed by atoms with Crippen LogP contribution in [-0.4, -0.2) is 60.1 Å². The molecular weight excluding hydrogens is 272 g/mol. The van der Waals surface area contributed by atoms with E-state index in [2.05, 4.69) is 26.8 Å². The molecule has 116 valence electrons. The molecule has 2 N–H and O–H groups in total. The minimum absolute atomic E-state index is 0.0949. The van der Waals surface area contributed by atoms with Crippen molar-refractivity contribution in [2.45, 2.75) is 13.5 Å². The van der Waals surface area contributed by atoms with Crippen LogP contribution in [0, 0.1) is 11.8 Å². The average Bonchev–Trinajstić information content (AvgIpc) is 2.77. The van der Waals surface area contributed by atoms with E-state index in [1.807, 2.05) is 14.1 Å². The summed E-state index contributed by atoms with van der Waals surface area (Å²) in [7, 11) is 5.13. The van der Waals surface area contributed by atoms with Crippen molar-refractivity contribution in [3.8, 4) is 0 Å². The summed E-state index contributed by atoms with van der Waals surface area (Å²) in [6.45, 7) is 4.05. The molecule has 8 nitrogen and oxygen atoms in total. The molecule has 1 aliphatic heterocycles. The van der Waals surface area contributed by atoms with Crippen LogP contribution in [0.5, 0.6) is 0 Å². The predicted molar refractivity (Wildman–Crippen MR) is 78.5 cm³/mol. The topological polar surface area (TPSA) is 97.5 Å². The lowest BCUT2D eigenvalue weighted by molar-refractivity contribution is -0.146. The van der Waals surface area contributed by atoms with Gasteiger partial charge in [0.2, 0.25) is 11.9 Å². The minimum atomic E-state index is -0.158. The summed E-state index contributed by atoms with van der Waals surface area (Å²) in [5.74, 6) is 1.36. The zero-order valence-corrected chi connectivity index (χ0v) is 12.9. The third-order valence-electron chi connectivity index (χ3n) is 3.64. The zero-order chi connectivity index (χ0) is 15.6. The summed E-state index contributed by atoms with van der Waals surface area (Å²) in [6, 6.07) is 0. The smallest absolute Gasteiger partial charge is 0.310 e. The summed E-state index contributed by atoms with van der Waals surface area (Å²) >= 11 is 0. The van der Waals surface area contributed by atoms with Crippen LogP contribution < -0.4 is 10.6 Å². The second-order valence-electron chi connectivity index (χ2n) is 5.61. The van der Waals surface area contributed by atoms with Crippen LogP contribution >= 0.6 is 0 Å². The number of likely N-dealkylation sites (tertiary alicyclic amines) is 1. The molecule has 0 aliphatic carbocycles. The van der Waals surface area contributed by atoms with Crippen LogP contribution in [0.1, 0.15) is 12.7 Å². The summed E-state index contributed by atoms with van der Waals surface area (Å²) in [4.78, 5) is 28.2. The van der Waals surface area contributed by atoms with Crippen molar-refractivity contribution in [1.29, 1.82) is 0 Å². The number of aromatic nitrogens is 3. The Hall–Kier alpha value is -1.96. The Morgan fingerprint density at radius 3 is 2.71 bits per heavy atom. The summed E-state index contributed by atoms with van der Waals surface area (Å²) < 4.78 is 4.84. The van der Waals surface area contributed by atoms with E-state index < -0.39 is 0 Å². The van der Waals surface area contributed by atoms with Gasteiger partial charge in [0, 0.05) is 27.2 Å². The first-order valence-corrected chi connectivity index (χ1v) is 6.88. The fourth-order valence-corrected chi connectivity index (χ4v) is 2.55. The maximum Gasteiger partial charge on any atom is 0.310 e. The number of esters is 1. The lowest BCUT2D eigenvalue weighted by Gasteiger charge is -2.16. The molecule has 1 aromatic heterocycles. The number of nitrogens with two attached hydrogens (primary N) is 1. The molecule has 1 saturated heterocycles. The van der Waals surface area contributed by atoms with E-state index in [0.29, 0.717) is 24.9 Å².